The van der Waals surface area contributed by atoms with E-state index in [-0.39, 0.29) is 11.8 Å². The maximum absolute atomic E-state index is 13.7. The van der Waals surface area contributed by atoms with Crippen molar-refractivity contribution < 1.29 is 18.0 Å². The number of amides is 2. The van der Waals surface area contributed by atoms with Crippen molar-refractivity contribution in [2.24, 2.45) is 10.9 Å². The fraction of sp³-hybridized carbons (Fsp3) is 0.348. The molecule has 0 spiro atoms. The summed E-state index contributed by atoms with van der Waals surface area (Å²) >= 11 is 6.30. The van der Waals surface area contributed by atoms with Crippen molar-refractivity contribution in [2.75, 3.05) is 25.5 Å². The zero-order valence-electron chi connectivity index (χ0n) is 18.9. The molecule has 33 heavy (non-hydrogen) atoms. The van der Waals surface area contributed by atoms with Gasteiger partial charge in [-0.25, -0.2) is 4.72 Å². The average Bonchev–Trinajstić information content (AvgIpc) is 2.88. The summed E-state index contributed by atoms with van der Waals surface area (Å²) < 4.78 is 27.1. The molecule has 0 bridgehead atoms. The Morgan fingerprint density at radius 1 is 1.21 bits per heavy atom. The van der Waals surface area contributed by atoms with E-state index in [1.807, 2.05) is 48.9 Å². The predicted molar refractivity (Wildman–Crippen MR) is 130 cm³/mol. The molecule has 1 aliphatic rings. The van der Waals surface area contributed by atoms with Crippen molar-refractivity contribution in [1.29, 1.82) is 0 Å². The van der Waals surface area contributed by atoms with E-state index in [4.69, 9.17) is 16.6 Å². The van der Waals surface area contributed by atoms with Gasteiger partial charge in [0.1, 0.15) is 12.6 Å². The molecule has 8 nitrogen and oxygen atoms in total. The summed E-state index contributed by atoms with van der Waals surface area (Å²) in [6.07, 6.45) is 0.689. The molecule has 0 aromatic heterocycles. The van der Waals surface area contributed by atoms with Crippen LogP contribution in [0.4, 0.5) is 5.69 Å². The molecule has 2 aromatic carbocycles. The van der Waals surface area contributed by atoms with Gasteiger partial charge < -0.3 is 4.90 Å². The summed E-state index contributed by atoms with van der Waals surface area (Å²) in [5.74, 6) is -1.32. The van der Waals surface area contributed by atoms with Crippen molar-refractivity contribution >= 4 is 45.0 Å². The highest BCUT2D eigenvalue weighted by atomic mass is 35.5. The van der Waals surface area contributed by atoms with Crippen LogP contribution in [-0.4, -0.2) is 56.9 Å². The first-order valence-corrected chi connectivity index (χ1v) is 12.3. The molecule has 1 heterocycles. The molecule has 0 radical (unpaired) electrons. The molecule has 0 unspecified atom stereocenters. The van der Waals surface area contributed by atoms with E-state index < -0.39 is 28.7 Å². The Hall–Kier alpha value is -2.75. The number of carbonyl (C=O) groups excluding carboxylic acids is 2. The third kappa shape index (κ3) is 5.43. The number of halogens is 1. The fourth-order valence-electron chi connectivity index (χ4n) is 3.47. The summed E-state index contributed by atoms with van der Waals surface area (Å²) in [7, 11) is -1.38. The van der Waals surface area contributed by atoms with Gasteiger partial charge in [-0.1, -0.05) is 62.2 Å². The lowest BCUT2D eigenvalue weighted by Crippen LogP contribution is -2.48. The van der Waals surface area contributed by atoms with Gasteiger partial charge in [0, 0.05) is 30.2 Å². The largest absolute Gasteiger partial charge is 0.303 e. The number of anilines is 1. The average molecular weight is 491 g/mol. The lowest BCUT2D eigenvalue weighted by molar-refractivity contribution is -0.124. The second-order valence-corrected chi connectivity index (χ2v) is 10.4. The highest BCUT2D eigenvalue weighted by Crippen LogP contribution is 2.32. The van der Waals surface area contributed by atoms with Gasteiger partial charge >= 0.3 is 10.2 Å². The number of benzene rings is 2. The Morgan fingerprint density at radius 3 is 2.48 bits per heavy atom. The molecule has 1 aliphatic heterocycles. The van der Waals surface area contributed by atoms with Gasteiger partial charge in [-0.3, -0.25) is 14.6 Å². The maximum Gasteiger partial charge on any atom is 0.303 e. The van der Waals surface area contributed by atoms with E-state index in [0.717, 1.165) is 9.87 Å². The number of nitrogens with one attached hydrogen (secondary N) is 1. The molecule has 10 heteroatoms. The highest BCUT2D eigenvalue weighted by molar-refractivity contribution is 7.87. The number of fused-ring (bicyclic) bond motifs is 1. The first kappa shape index (κ1) is 24.9. The summed E-state index contributed by atoms with van der Waals surface area (Å²) in [6, 6.07) is 13.7. The van der Waals surface area contributed by atoms with Crippen LogP contribution >= 0.6 is 11.6 Å². The minimum atomic E-state index is -4.00. The predicted octanol–water partition coefficient (Wildman–Crippen LogP) is 2.86. The topological polar surface area (TPSA) is 99.2 Å². The number of aliphatic imine (C=N–C) groups is 1. The quantitative estimate of drug-likeness (QED) is 0.645. The molecular formula is C23H27ClN4O4S. The Kier molecular flexibility index (Phi) is 7.56. The van der Waals surface area contributed by atoms with Gasteiger partial charge in [-0.2, -0.15) is 12.7 Å². The molecular weight excluding hydrogens is 464 g/mol. The van der Waals surface area contributed by atoms with Gasteiger partial charge in [0.25, 0.3) is 11.8 Å². The van der Waals surface area contributed by atoms with E-state index in [1.54, 1.807) is 18.2 Å². The number of nitrogens with zero attached hydrogens (tertiary/aromatic N) is 3. The normalized spacial score (nSPS) is 17.3. The molecule has 0 aliphatic carbocycles. The summed E-state index contributed by atoms with van der Waals surface area (Å²) in [5, 5.41) is 0.450. The third-order valence-corrected chi connectivity index (χ3v) is 7.23. The van der Waals surface area contributed by atoms with Crippen molar-refractivity contribution in [1.82, 2.24) is 9.03 Å². The Morgan fingerprint density at radius 2 is 1.88 bits per heavy atom. The van der Waals surface area contributed by atoms with Crippen molar-refractivity contribution in [3.63, 3.8) is 0 Å². The van der Waals surface area contributed by atoms with Gasteiger partial charge in [-0.15, -0.1) is 0 Å². The van der Waals surface area contributed by atoms with E-state index in [9.17, 15) is 18.0 Å². The van der Waals surface area contributed by atoms with Gasteiger partial charge in [0.15, 0.2) is 0 Å². The van der Waals surface area contributed by atoms with E-state index >= 15 is 0 Å². The molecule has 2 aromatic rings. The smallest absolute Gasteiger partial charge is 0.300 e. The SMILES string of the molecule is CC[C@H](C)[C@@H]1N=C(c2ccccc2)c2cc(Cl)ccc2N(CC(=O)NS(=O)(=O)N(C)C)C1=O. The van der Waals surface area contributed by atoms with Crippen molar-refractivity contribution in [3.8, 4) is 0 Å². The first-order chi connectivity index (χ1) is 15.5. The standard InChI is InChI=1S/C23H27ClN4O4S/c1-5-15(2)21-23(30)28(14-20(29)26-33(31,32)27(3)4)19-12-11-17(24)13-18(19)22(25-21)16-9-7-6-8-10-16/h6-13,15,21H,5,14H2,1-4H3,(H,26,29)/t15-,21-/m0/s1. The van der Waals surface area contributed by atoms with Crippen LogP contribution in [0, 0.1) is 5.92 Å². The van der Waals surface area contributed by atoms with Gasteiger partial charge in [0.05, 0.1) is 11.4 Å². The van der Waals surface area contributed by atoms with Gasteiger partial charge in [-0.05, 0) is 24.1 Å². The first-order valence-electron chi connectivity index (χ1n) is 10.5. The molecule has 2 atom stereocenters. The number of carbonyl (C=O) groups is 2. The molecule has 2 amide bonds. The monoisotopic (exact) mass is 490 g/mol. The Bertz CT molecular complexity index is 1180. The lowest BCUT2D eigenvalue weighted by atomic mass is 9.98. The van der Waals surface area contributed by atoms with Crippen LogP contribution in [0.2, 0.25) is 5.02 Å². The second kappa shape index (κ2) is 10.0. The van der Waals surface area contributed by atoms with Crippen LogP contribution in [0.1, 0.15) is 31.4 Å². The van der Waals surface area contributed by atoms with Crippen LogP contribution in [-0.2, 0) is 19.8 Å². The summed E-state index contributed by atoms with van der Waals surface area (Å²) in [6.45, 7) is 3.41. The second-order valence-electron chi connectivity index (χ2n) is 8.07. The number of rotatable bonds is 7. The Labute approximate surface area is 199 Å². The van der Waals surface area contributed by atoms with E-state index in [2.05, 4.69) is 0 Å². The number of benzodiazepines with no additional fused rings is 1. The molecule has 0 saturated carbocycles. The summed E-state index contributed by atoms with van der Waals surface area (Å²) in [4.78, 5) is 32.5. The number of hydrogen-bond acceptors (Lipinski definition) is 5. The summed E-state index contributed by atoms with van der Waals surface area (Å²) in [5.41, 5.74) is 2.44. The fourth-order valence-corrected chi connectivity index (χ4v) is 4.18. The van der Waals surface area contributed by atoms with E-state index in [1.165, 1.54) is 19.0 Å². The van der Waals surface area contributed by atoms with Gasteiger partial charge in [0.2, 0.25) is 0 Å². The van der Waals surface area contributed by atoms with Crippen molar-refractivity contribution in [3.05, 3.63) is 64.7 Å². The van der Waals surface area contributed by atoms with Crippen LogP contribution in [0.25, 0.3) is 0 Å². The zero-order chi connectivity index (χ0) is 24.3. The minimum absolute atomic E-state index is 0.114. The van der Waals surface area contributed by atoms with Crippen molar-refractivity contribution in [2.45, 2.75) is 26.3 Å². The molecule has 0 fully saturated rings. The maximum atomic E-state index is 13.7. The lowest BCUT2D eigenvalue weighted by Gasteiger charge is -2.27. The van der Waals surface area contributed by atoms with Crippen LogP contribution < -0.4 is 9.62 Å². The Balaban J connectivity index is 2.14. The highest BCUT2D eigenvalue weighted by Gasteiger charge is 2.36. The van der Waals surface area contributed by atoms with Crippen LogP contribution in [0.3, 0.4) is 0 Å². The van der Waals surface area contributed by atoms with Crippen LogP contribution in [0.15, 0.2) is 53.5 Å². The molecule has 176 valence electrons. The minimum Gasteiger partial charge on any atom is -0.300 e. The molecule has 3 rings (SSSR count). The third-order valence-electron chi connectivity index (χ3n) is 5.55. The zero-order valence-corrected chi connectivity index (χ0v) is 20.5. The van der Waals surface area contributed by atoms with Crippen LogP contribution in [0.5, 0.6) is 0 Å². The number of hydrogen-bond donors (Lipinski definition) is 1. The molecule has 1 N–H and O–H groups in total. The molecule has 0 saturated heterocycles. The van der Waals surface area contributed by atoms with E-state index in [0.29, 0.717) is 28.4 Å².